The summed E-state index contributed by atoms with van der Waals surface area (Å²) >= 11 is 0. The van der Waals surface area contributed by atoms with E-state index in [1.54, 1.807) is 12.0 Å². The molecule has 0 bridgehead atoms. The van der Waals surface area contributed by atoms with Crippen LogP contribution in [-0.2, 0) is 4.79 Å². The van der Waals surface area contributed by atoms with Crippen LogP contribution in [0.3, 0.4) is 0 Å². The molecule has 1 amide bonds. The average molecular weight is 269 g/mol. The highest BCUT2D eigenvalue weighted by Crippen LogP contribution is 2.39. The van der Waals surface area contributed by atoms with Gasteiger partial charge in [0.15, 0.2) is 6.10 Å². The smallest absolute Gasteiger partial charge is 0.259 e. The van der Waals surface area contributed by atoms with Gasteiger partial charge in [0.2, 0.25) is 0 Å². The minimum Gasteiger partial charge on any atom is -0.497 e. The van der Waals surface area contributed by atoms with Crippen LogP contribution < -0.4 is 9.64 Å². The number of anilines is 1. The van der Waals surface area contributed by atoms with Crippen LogP contribution in [0.15, 0.2) is 54.6 Å². The number of rotatable bonds is 3. The third-order valence-corrected chi connectivity index (χ3v) is 3.56. The Kier molecular flexibility index (Phi) is 3.16. The van der Waals surface area contributed by atoms with Crippen LogP contribution in [0, 0.1) is 0 Å². The zero-order chi connectivity index (χ0) is 14.1. The number of para-hydroxylation sites is 1. The molecule has 1 aliphatic rings. The minimum absolute atomic E-state index is 0.267. The number of aliphatic hydroxyl groups is 1. The minimum atomic E-state index is -0.983. The highest BCUT2D eigenvalue weighted by Gasteiger charge is 2.47. The second-order valence-corrected chi connectivity index (χ2v) is 4.71. The molecule has 3 rings (SSSR count). The first-order valence-corrected chi connectivity index (χ1v) is 6.42. The van der Waals surface area contributed by atoms with Gasteiger partial charge in [0.25, 0.3) is 5.91 Å². The summed E-state index contributed by atoms with van der Waals surface area (Å²) in [5.41, 5.74) is 1.69. The van der Waals surface area contributed by atoms with Gasteiger partial charge in [0.1, 0.15) is 5.75 Å². The molecule has 0 aliphatic carbocycles. The lowest BCUT2D eigenvalue weighted by Crippen LogP contribution is -2.59. The molecule has 1 fully saturated rings. The van der Waals surface area contributed by atoms with Crippen molar-refractivity contribution in [2.45, 2.75) is 12.1 Å². The molecule has 4 heteroatoms. The van der Waals surface area contributed by atoms with E-state index in [9.17, 15) is 9.90 Å². The van der Waals surface area contributed by atoms with Crippen LogP contribution in [0.1, 0.15) is 11.6 Å². The van der Waals surface area contributed by atoms with Crippen molar-refractivity contribution in [1.82, 2.24) is 0 Å². The number of benzene rings is 2. The van der Waals surface area contributed by atoms with Crippen LogP contribution in [0.5, 0.6) is 5.75 Å². The van der Waals surface area contributed by atoms with Crippen molar-refractivity contribution >= 4 is 11.6 Å². The molecule has 0 spiro atoms. The van der Waals surface area contributed by atoms with E-state index < -0.39 is 6.10 Å². The normalized spacial score (nSPS) is 21.5. The summed E-state index contributed by atoms with van der Waals surface area (Å²) in [5, 5.41) is 9.97. The Morgan fingerprint density at radius 1 is 1.05 bits per heavy atom. The molecule has 2 aromatic carbocycles. The lowest BCUT2D eigenvalue weighted by Gasteiger charge is -2.44. The molecule has 0 unspecified atom stereocenters. The predicted molar refractivity (Wildman–Crippen MR) is 75.7 cm³/mol. The zero-order valence-corrected chi connectivity index (χ0v) is 11.1. The van der Waals surface area contributed by atoms with E-state index in [1.165, 1.54) is 0 Å². The Morgan fingerprint density at radius 3 is 2.30 bits per heavy atom. The first kappa shape index (κ1) is 12.7. The van der Waals surface area contributed by atoms with Crippen LogP contribution in [0.2, 0.25) is 0 Å². The highest BCUT2D eigenvalue weighted by molar-refractivity contribution is 6.04. The number of aliphatic hydroxyl groups excluding tert-OH is 1. The molecular weight excluding hydrogens is 254 g/mol. The van der Waals surface area contributed by atoms with Crippen LogP contribution >= 0.6 is 0 Å². The fraction of sp³-hybridized carbons (Fsp3) is 0.188. The van der Waals surface area contributed by atoms with E-state index in [0.717, 1.165) is 17.0 Å². The third kappa shape index (κ3) is 1.94. The van der Waals surface area contributed by atoms with Crippen molar-refractivity contribution < 1.29 is 14.6 Å². The maximum absolute atomic E-state index is 11.9. The Labute approximate surface area is 117 Å². The van der Waals surface area contributed by atoms with E-state index in [1.807, 2.05) is 54.6 Å². The molecule has 1 heterocycles. The Morgan fingerprint density at radius 2 is 1.70 bits per heavy atom. The monoisotopic (exact) mass is 269 g/mol. The van der Waals surface area contributed by atoms with Crippen molar-refractivity contribution in [2.24, 2.45) is 0 Å². The molecule has 2 aromatic rings. The number of carbonyl (C=O) groups is 1. The van der Waals surface area contributed by atoms with Gasteiger partial charge >= 0.3 is 0 Å². The summed E-state index contributed by atoms with van der Waals surface area (Å²) in [6, 6.07) is 16.4. The first-order chi connectivity index (χ1) is 9.72. The van der Waals surface area contributed by atoms with Gasteiger partial charge in [-0.05, 0) is 29.8 Å². The average Bonchev–Trinajstić information content (AvgIpc) is 2.52. The SMILES string of the molecule is COc1ccc([C@@H]2[C@H](O)C(=O)N2c2ccccc2)cc1. The second kappa shape index (κ2) is 4.98. The number of carbonyl (C=O) groups excluding carboxylic acids is 1. The van der Waals surface area contributed by atoms with Crippen LogP contribution in [-0.4, -0.2) is 24.2 Å². The van der Waals surface area contributed by atoms with Crippen molar-refractivity contribution in [3.63, 3.8) is 0 Å². The summed E-state index contributed by atoms with van der Waals surface area (Å²) in [6.45, 7) is 0. The van der Waals surface area contributed by atoms with E-state index in [-0.39, 0.29) is 11.9 Å². The van der Waals surface area contributed by atoms with Crippen LogP contribution in [0.4, 0.5) is 5.69 Å². The van der Waals surface area contributed by atoms with Crippen molar-refractivity contribution in [3.8, 4) is 5.75 Å². The maximum atomic E-state index is 11.9. The quantitative estimate of drug-likeness (QED) is 0.869. The van der Waals surface area contributed by atoms with E-state index >= 15 is 0 Å². The lowest BCUT2D eigenvalue weighted by molar-refractivity contribution is -0.137. The molecule has 102 valence electrons. The van der Waals surface area contributed by atoms with Gasteiger partial charge in [-0.2, -0.15) is 0 Å². The molecule has 1 saturated heterocycles. The molecule has 0 aromatic heterocycles. The molecule has 2 atom stereocenters. The van der Waals surface area contributed by atoms with Gasteiger partial charge in [-0.1, -0.05) is 30.3 Å². The summed E-state index contributed by atoms with van der Waals surface area (Å²) < 4.78 is 5.12. The maximum Gasteiger partial charge on any atom is 0.259 e. The molecule has 20 heavy (non-hydrogen) atoms. The van der Waals surface area contributed by atoms with Crippen LogP contribution in [0.25, 0.3) is 0 Å². The highest BCUT2D eigenvalue weighted by atomic mass is 16.5. The number of methoxy groups -OCH3 is 1. The third-order valence-electron chi connectivity index (χ3n) is 3.56. The van der Waals surface area contributed by atoms with Crippen molar-refractivity contribution in [3.05, 3.63) is 60.2 Å². The van der Waals surface area contributed by atoms with E-state index in [2.05, 4.69) is 0 Å². The standard InChI is InChI=1S/C16H15NO3/c1-20-13-9-7-11(8-10-13)14-15(18)16(19)17(14)12-5-3-2-4-6-12/h2-10,14-15,18H,1H3/t14-,15+/m1/s1. The predicted octanol–water partition coefficient (Wildman–Crippen LogP) is 2.14. The Hall–Kier alpha value is -2.33. The van der Waals surface area contributed by atoms with Gasteiger partial charge in [-0.3, -0.25) is 9.69 Å². The van der Waals surface area contributed by atoms with Gasteiger partial charge in [0.05, 0.1) is 13.2 Å². The topological polar surface area (TPSA) is 49.8 Å². The van der Waals surface area contributed by atoms with Crippen molar-refractivity contribution in [1.29, 1.82) is 0 Å². The molecule has 1 aliphatic heterocycles. The van der Waals surface area contributed by atoms with Gasteiger partial charge in [-0.15, -0.1) is 0 Å². The summed E-state index contributed by atoms with van der Waals surface area (Å²) in [4.78, 5) is 13.5. The van der Waals surface area contributed by atoms with Gasteiger partial charge < -0.3 is 9.84 Å². The van der Waals surface area contributed by atoms with Gasteiger partial charge in [0, 0.05) is 5.69 Å². The molecule has 0 saturated carbocycles. The number of hydrogen-bond donors (Lipinski definition) is 1. The summed E-state index contributed by atoms with van der Waals surface area (Å²) in [6.07, 6.45) is -0.983. The zero-order valence-electron chi connectivity index (χ0n) is 11.1. The van der Waals surface area contributed by atoms with Crippen molar-refractivity contribution in [2.75, 3.05) is 12.0 Å². The van der Waals surface area contributed by atoms with Gasteiger partial charge in [-0.25, -0.2) is 0 Å². The molecular formula is C16H15NO3. The largest absolute Gasteiger partial charge is 0.497 e. The molecule has 4 nitrogen and oxygen atoms in total. The number of β-lactam (4-membered cyclic amide) rings is 1. The fourth-order valence-corrected chi connectivity index (χ4v) is 2.48. The number of hydrogen-bond acceptors (Lipinski definition) is 3. The fourth-order valence-electron chi connectivity index (χ4n) is 2.48. The number of amides is 1. The second-order valence-electron chi connectivity index (χ2n) is 4.71. The van der Waals surface area contributed by atoms with E-state index in [0.29, 0.717) is 0 Å². The number of ether oxygens (including phenoxy) is 1. The summed E-state index contributed by atoms with van der Waals surface area (Å²) in [5.74, 6) is 0.483. The first-order valence-electron chi connectivity index (χ1n) is 6.42. The van der Waals surface area contributed by atoms with E-state index in [4.69, 9.17) is 4.74 Å². The lowest BCUT2D eigenvalue weighted by atomic mass is 9.90. The summed E-state index contributed by atoms with van der Waals surface area (Å²) in [7, 11) is 1.60. The Bertz CT molecular complexity index is 609. The number of nitrogens with zero attached hydrogens (tertiary/aromatic N) is 1. The Balaban J connectivity index is 1.92. The molecule has 0 radical (unpaired) electrons. The molecule has 1 N–H and O–H groups in total.